The van der Waals surface area contributed by atoms with Crippen LogP contribution in [0.3, 0.4) is 0 Å². The molecule has 1 atom stereocenters. The lowest BCUT2D eigenvalue weighted by atomic mass is 10.1. The predicted molar refractivity (Wildman–Crippen MR) is 116 cm³/mol. The van der Waals surface area contributed by atoms with Gasteiger partial charge >= 0.3 is 0 Å². The Morgan fingerprint density at radius 1 is 1.06 bits per heavy atom. The molecule has 1 saturated heterocycles. The summed E-state index contributed by atoms with van der Waals surface area (Å²) in [7, 11) is 1.56. The number of amides is 4. The highest BCUT2D eigenvalue weighted by Gasteiger charge is 2.35. The number of rotatable bonds is 7. The van der Waals surface area contributed by atoms with E-state index in [-0.39, 0.29) is 37.2 Å². The van der Waals surface area contributed by atoms with Crippen molar-refractivity contribution >= 4 is 40.7 Å². The summed E-state index contributed by atoms with van der Waals surface area (Å²) in [5, 5.41) is 7.87. The first kappa shape index (κ1) is 21.8. The predicted octanol–water partition coefficient (Wildman–Crippen LogP) is 1.76. The summed E-state index contributed by atoms with van der Waals surface area (Å²) in [6.45, 7) is 1.41. The first-order chi connectivity index (χ1) is 14.9. The lowest BCUT2D eigenvalue weighted by Crippen LogP contribution is -2.37. The van der Waals surface area contributed by atoms with Crippen LogP contribution in [0.15, 0.2) is 48.5 Å². The van der Waals surface area contributed by atoms with Gasteiger partial charge in [0, 0.05) is 37.0 Å². The first-order valence-corrected chi connectivity index (χ1v) is 9.75. The number of methoxy groups -OCH3 is 1. The number of anilines is 3. The van der Waals surface area contributed by atoms with Gasteiger partial charge in [0.2, 0.25) is 23.6 Å². The molecule has 1 aliphatic rings. The van der Waals surface area contributed by atoms with E-state index < -0.39 is 11.8 Å². The highest BCUT2D eigenvalue weighted by molar-refractivity contribution is 6.01. The fourth-order valence-electron chi connectivity index (χ4n) is 3.29. The van der Waals surface area contributed by atoms with Crippen LogP contribution < -0.4 is 25.6 Å². The van der Waals surface area contributed by atoms with Crippen molar-refractivity contribution in [3.63, 3.8) is 0 Å². The molecule has 1 fully saturated rings. The minimum absolute atomic E-state index is 0.0816. The van der Waals surface area contributed by atoms with Gasteiger partial charge in [-0.3, -0.25) is 19.2 Å². The third-order valence-electron chi connectivity index (χ3n) is 4.77. The summed E-state index contributed by atoms with van der Waals surface area (Å²) in [5.41, 5.74) is 1.74. The fourth-order valence-corrected chi connectivity index (χ4v) is 3.29. The Morgan fingerprint density at radius 3 is 2.39 bits per heavy atom. The molecule has 4 amide bonds. The fraction of sp³-hybridized carbons (Fsp3) is 0.273. The maximum atomic E-state index is 12.5. The summed E-state index contributed by atoms with van der Waals surface area (Å²) in [6, 6.07) is 13.7. The Morgan fingerprint density at radius 2 is 1.74 bits per heavy atom. The monoisotopic (exact) mass is 424 g/mol. The van der Waals surface area contributed by atoms with E-state index in [0.717, 1.165) is 0 Å². The van der Waals surface area contributed by atoms with Crippen molar-refractivity contribution in [1.29, 1.82) is 0 Å². The van der Waals surface area contributed by atoms with Crippen molar-refractivity contribution in [3.8, 4) is 5.75 Å². The minimum Gasteiger partial charge on any atom is -0.497 e. The zero-order valence-corrected chi connectivity index (χ0v) is 17.3. The maximum absolute atomic E-state index is 12.5. The molecule has 0 radical (unpaired) electrons. The number of ether oxygens (including phenoxy) is 1. The Labute approximate surface area is 179 Å². The summed E-state index contributed by atoms with van der Waals surface area (Å²) < 4.78 is 5.11. The van der Waals surface area contributed by atoms with Crippen LogP contribution in [0.5, 0.6) is 5.75 Å². The number of benzene rings is 2. The number of carbonyl (C=O) groups excluding carboxylic acids is 4. The average molecular weight is 424 g/mol. The van der Waals surface area contributed by atoms with E-state index in [1.807, 2.05) is 0 Å². The molecular formula is C22H24N4O5. The third kappa shape index (κ3) is 5.81. The molecule has 0 aliphatic carbocycles. The van der Waals surface area contributed by atoms with E-state index in [1.165, 1.54) is 6.92 Å². The summed E-state index contributed by atoms with van der Waals surface area (Å²) in [6.07, 6.45) is 0.0816. The van der Waals surface area contributed by atoms with Crippen molar-refractivity contribution in [1.82, 2.24) is 5.32 Å². The molecule has 31 heavy (non-hydrogen) atoms. The maximum Gasteiger partial charge on any atom is 0.243 e. The smallest absolute Gasteiger partial charge is 0.243 e. The zero-order valence-electron chi connectivity index (χ0n) is 17.3. The standard InChI is InChI=1S/C22H24N4O5/c1-14(27)24-16-4-3-5-17(11-16)25-20(28)12-23-22(30)15-10-21(29)26(13-15)18-6-8-19(31-2)9-7-18/h3-9,11,15H,10,12-13H2,1-2H3,(H,23,30)(H,24,27)(H,25,28). The Bertz CT molecular complexity index is 990. The molecule has 0 aromatic heterocycles. The van der Waals surface area contributed by atoms with Crippen LogP contribution in [0, 0.1) is 5.92 Å². The molecule has 1 aliphatic heterocycles. The van der Waals surface area contributed by atoms with Crippen molar-refractivity contribution in [2.24, 2.45) is 5.92 Å². The summed E-state index contributed by atoms with van der Waals surface area (Å²) >= 11 is 0. The van der Waals surface area contributed by atoms with Gasteiger partial charge in [0.25, 0.3) is 0 Å². The minimum atomic E-state index is -0.537. The van der Waals surface area contributed by atoms with Crippen LogP contribution in [0.25, 0.3) is 0 Å². The topological polar surface area (TPSA) is 117 Å². The largest absolute Gasteiger partial charge is 0.497 e. The van der Waals surface area contributed by atoms with Crippen molar-refractivity contribution in [2.45, 2.75) is 13.3 Å². The van der Waals surface area contributed by atoms with E-state index in [4.69, 9.17) is 4.74 Å². The number of nitrogens with one attached hydrogen (secondary N) is 3. The molecule has 0 saturated carbocycles. The Hall–Kier alpha value is -3.88. The van der Waals surface area contributed by atoms with Crippen LogP contribution in [0.1, 0.15) is 13.3 Å². The number of nitrogens with zero attached hydrogens (tertiary/aromatic N) is 1. The molecule has 1 unspecified atom stereocenters. The highest BCUT2D eigenvalue weighted by Crippen LogP contribution is 2.26. The van der Waals surface area contributed by atoms with Crippen molar-refractivity contribution in [3.05, 3.63) is 48.5 Å². The van der Waals surface area contributed by atoms with Gasteiger partial charge < -0.3 is 25.6 Å². The molecule has 3 rings (SSSR count). The first-order valence-electron chi connectivity index (χ1n) is 9.75. The number of hydrogen-bond donors (Lipinski definition) is 3. The van der Waals surface area contributed by atoms with Crippen LogP contribution >= 0.6 is 0 Å². The zero-order chi connectivity index (χ0) is 22.4. The Kier molecular flexibility index (Phi) is 6.86. The van der Waals surface area contributed by atoms with Gasteiger partial charge in [0.05, 0.1) is 19.6 Å². The van der Waals surface area contributed by atoms with Gasteiger partial charge in [-0.2, -0.15) is 0 Å². The van der Waals surface area contributed by atoms with Gasteiger partial charge in [-0.15, -0.1) is 0 Å². The van der Waals surface area contributed by atoms with Crippen molar-refractivity contribution < 1.29 is 23.9 Å². The van der Waals surface area contributed by atoms with Gasteiger partial charge in [-0.1, -0.05) is 6.07 Å². The van der Waals surface area contributed by atoms with Crippen LogP contribution in [-0.2, 0) is 19.2 Å². The van der Waals surface area contributed by atoms with E-state index in [9.17, 15) is 19.2 Å². The quantitative estimate of drug-likeness (QED) is 0.626. The second-order valence-electron chi connectivity index (χ2n) is 7.13. The lowest BCUT2D eigenvalue weighted by molar-refractivity contribution is -0.127. The molecule has 2 aromatic rings. The van der Waals surface area contributed by atoms with E-state index in [2.05, 4.69) is 16.0 Å². The lowest BCUT2D eigenvalue weighted by Gasteiger charge is -2.17. The molecule has 9 heteroatoms. The van der Waals surface area contributed by atoms with Crippen LogP contribution in [-0.4, -0.2) is 43.8 Å². The molecule has 1 heterocycles. The molecule has 9 nitrogen and oxygen atoms in total. The molecule has 3 N–H and O–H groups in total. The van der Waals surface area contributed by atoms with Gasteiger partial charge in [0.15, 0.2) is 0 Å². The third-order valence-corrected chi connectivity index (χ3v) is 4.77. The van der Waals surface area contributed by atoms with E-state index >= 15 is 0 Å². The summed E-state index contributed by atoms with van der Waals surface area (Å²) in [5.74, 6) is -0.991. The van der Waals surface area contributed by atoms with E-state index in [0.29, 0.717) is 22.8 Å². The normalized spacial score (nSPS) is 15.4. The molecule has 162 valence electrons. The number of hydrogen-bond acceptors (Lipinski definition) is 5. The van der Waals surface area contributed by atoms with Gasteiger partial charge in [-0.05, 0) is 42.5 Å². The average Bonchev–Trinajstić information content (AvgIpc) is 3.13. The molecular weight excluding hydrogens is 400 g/mol. The molecule has 0 spiro atoms. The van der Waals surface area contributed by atoms with Gasteiger partial charge in [-0.25, -0.2) is 0 Å². The molecule has 0 bridgehead atoms. The second-order valence-corrected chi connectivity index (χ2v) is 7.13. The second kappa shape index (κ2) is 9.75. The highest BCUT2D eigenvalue weighted by atomic mass is 16.5. The molecule has 2 aromatic carbocycles. The number of carbonyl (C=O) groups is 4. The van der Waals surface area contributed by atoms with Crippen LogP contribution in [0.2, 0.25) is 0 Å². The SMILES string of the molecule is COc1ccc(N2CC(C(=O)NCC(=O)Nc3cccc(NC(C)=O)c3)CC2=O)cc1. The van der Waals surface area contributed by atoms with Crippen LogP contribution in [0.4, 0.5) is 17.1 Å². The van der Waals surface area contributed by atoms with Gasteiger partial charge in [0.1, 0.15) is 5.75 Å². The van der Waals surface area contributed by atoms with Crippen molar-refractivity contribution in [2.75, 3.05) is 35.7 Å². The van der Waals surface area contributed by atoms with E-state index in [1.54, 1.807) is 60.5 Å². The Balaban J connectivity index is 1.50. The summed E-state index contributed by atoms with van der Waals surface area (Å²) in [4.78, 5) is 49.7.